The zero-order chi connectivity index (χ0) is 21.1. The van der Waals surface area contributed by atoms with Gasteiger partial charge in [0.05, 0.1) is 29.1 Å². The van der Waals surface area contributed by atoms with Gasteiger partial charge in [0.1, 0.15) is 18.2 Å². The summed E-state index contributed by atoms with van der Waals surface area (Å²) in [4.78, 5) is 16.6. The van der Waals surface area contributed by atoms with Crippen LogP contribution in [0.5, 0.6) is 5.88 Å². The Balaban J connectivity index is 1.74. The van der Waals surface area contributed by atoms with Gasteiger partial charge in [-0.05, 0) is 57.8 Å². The van der Waals surface area contributed by atoms with E-state index in [4.69, 9.17) is 9.15 Å². The van der Waals surface area contributed by atoms with Crippen LogP contribution in [0.2, 0.25) is 0 Å². The van der Waals surface area contributed by atoms with Crippen molar-refractivity contribution in [3.05, 3.63) is 80.6 Å². The first-order chi connectivity index (χ1) is 14.6. The summed E-state index contributed by atoms with van der Waals surface area (Å²) in [5, 5.41) is 22.8. The molecule has 148 valence electrons. The molecular formula is C22H12IN2O4S-. The molecule has 0 unspecified atom stereocenters. The monoisotopic (exact) mass is 527 g/mol. The summed E-state index contributed by atoms with van der Waals surface area (Å²) in [6.07, 6.45) is 3.11. The predicted molar refractivity (Wildman–Crippen MR) is 118 cm³/mol. The quantitative estimate of drug-likeness (QED) is 0.343. The summed E-state index contributed by atoms with van der Waals surface area (Å²) in [5.74, 6) is -1.03. The molecule has 0 aliphatic carbocycles. The Labute approximate surface area is 189 Å². The molecular weight excluding hydrogens is 515 g/mol. The van der Waals surface area contributed by atoms with Crippen LogP contribution >= 0.6 is 33.9 Å². The Kier molecular flexibility index (Phi) is 5.83. The Bertz CT molecular complexity index is 1250. The van der Waals surface area contributed by atoms with Crippen molar-refractivity contribution < 1.29 is 19.1 Å². The fourth-order valence-corrected chi connectivity index (χ4v) is 4.22. The number of pyridine rings is 1. The second-order valence-electron chi connectivity index (χ2n) is 6.22. The smallest absolute Gasteiger partial charge is 0.233 e. The van der Waals surface area contributed by atoms with Crippen molar-refractivity contribution in [2.24, 2.45) is 0 Å². The van der Waals surface area contributed by atoms with Gasteiger partial charge in [-0.3, -0.25) is 0 Å². The number of benzene rings is 1. The molecule has 0 spiro atoms. The van der Waals surface area contributed by atoms with E-state index in [1.165, 1.54) is 23.5 Å². The predicted octanol–water partition coefficient (Wildman–Crippen LogP) is 4.49. The van der Waals surface area contributed by atoms with Crippen LogP contribution in [0.15, 0.2) is 64.8 Å². The molecule has 6 nitrogen and oxygen atoms in total. The molecule has 30 heavy (non-hydrogen) atoms. The van der Waals surface area contributed by atoms with E-state index in [0.29, 0.717) is 16.8 Å². The van der Waals surface area contributed by atoms with E-state index in [2.05, 4.69) is 11.1 Å². The summed E-state index contributed by atoms with van der Waals surface area (Å²) < 4.78 is 11.9. The van der Waals surface area contributed by atoms with Gasteiger partial charge < -0.3 is 19.1 Å². The minimum Gasteiger partial charge on any atom is -0.545 e. The summed E-state index contributed by atoms with van der Waals surface area (Å²) >= 11 is 3.58. The van der Waals surface area contributed by atoms with E-state index in [0.717, 1.165) is 19.6 Å². The highest BCUT2D eigenvalue weighted by Crippen LogP contribution is 2.35. The number of aromatic carboxylic acids is 1. The van der Waals surface area contributed by atoms with Crippen LogP contribution in [0, 0.1) is 14.9 Å². The molecule has 8 heteroatoms. The van der Waals surface area contributed by atoms with Gasteiger partial charge in [-0.25, -0.2) is 4.98 Å². The lowest BCUT2D eigenvalue weighted by Crippen LogP contribution is -2.22. The van der Waals surface area contributed by atoms with Crippen molar-refractivity contribution in [2.75, 3.05) is 0 Å². The van der Waals surface area contributed by atoms with E-state index < -0.39 is 5.97 Å². The number of nitriles is 1. The van der Waals surface area contributed by atoms with Crippen molar-refractivity contribution in [2.45, 2.75) is 6.61 Å². The number of furan rings is 1. The lowest BCUT2D eigenvalue weighted by Gasteiger charge is -2.13. The summed E-state index contributed by atoms with van der Waals surface area (Å²) in [6.45, 7) is 0.131. The van der Waals surface area contributed by atoms with Gasteiger partial charge in [0, 0.05) is 20.3 Å². The molecule has 0 atom stereocenters. The van der Waals surface area contributed by atoms with Crippen LogP contribution in [-0.4, -0.2) is 11.0 Å². The largest absolute Gasteiger partial charge is 0.545 e. The van der Waals surface area contributed by atoms with Crippen LogP contribution in [0.3, 0.4) is 0 Å². The maximum absolute atomic E-state index is 11.0. The van der Waals surface area contributed by atoms with Crippen LogP contribution in [0.1, 0.15) is 21.5 Å². The number of carboxylic acids is 1. The van der Waals surface area contributed by atoms with Gasteiger partial charge in [-0.15, -0.1) is 11.3 Å². The molecule has 4 rings (SSSR count). The number of halogens is 1. The fourth-order valence-electron chi connectivity index (χ4n) is 2.87. The van der Waals surface area contributed by atoms with Crippen LogP contribution in [-0.2, 0) is 6.61 Å². The summed E-state index contributed by atoms with van der Waals surface area (Å²) in [7, 11) is 0. The third-order valence-corrected chi connectivity index (χ3v) is 6.25. The maximum atomic E-state index is 11.0. The molecule has 0 amide bonds. The van der Waals surface area contributed by atoms with Gasteiger partial charge in [0.25, 0.3) is 0 Å². The zero-order valence-corrected chi connectivity index (χ0v) is 18.3. The lowest BCUT2D eigenvalue weighted by molar-refractivity contribution is -0.255. The number of rotatable bonds is 6. The van der Waals surface area contributed by atoms with Crippen LogP contribution in [0.25, 0.3) is 21.7 Å². The highest BCUT2D eigenvalue weighted by atomic mass is 127. The van der Waals surface area contributed by atoms with Gasteiger partial charge in [-0.2, -0.15) is 5.26 Å². The minimum absolute atomic E-state index is 0.0981. The molecule has 3 heterocycles. The van der Waals surface area contributed by atoms with Gasteiger partial charge >= 0.3 is 0 Å². The summed E-state index contributed by atoms with van der Waals surface area (Å²) in [6, 6.07) is 14.3. The number of carboxylic acid groups (broad SMARTS) is 1. The van der Waals surface area contributed by atoms with Gasteiger partial charge in [0.15, 0.2) is 0 Å². The van der Waals surface area contributed by atoms with E-state index in [-0.39, 0.29) is 18.1 Å². The number of ether oxygens (including phenoxy) is 1. The number of nitrogens with zero attached hydrogens (tertiary/aromatic N) is 2. The number of hydrogen-bond acceptors (Lipinski definition) is 7. The molecule has 0 radical (unpaired) electrons. The standard InChI is InChI=1S/C22H13IN2O4S/c23-18-8-13(22(26)27)3-4-15(18)12-29-21-17(10-24)16(14-5-6-28-11-14)9-19(25-21)20-2-1-7-30-20/h1-9,11H,12H2,(H,26,27)/p-1. The van der Waals surface area contributed by atoms with Crippen LogP contribution < -0.4 is 9.84 Å². The van der Waals surface area contributed by atoms with Crippen molar-refractivity contribution in [1.82, 2.24) is 4.98 Å². The normalized spacial score (nSPS) is 10.5. The fraction of sp³-hybridized carbons (Fsp3) is 0.0455. The maximum Gasteiger partial charge on any atom is 0.233 e. The molecule has 0 N–H and O–H groups in total. The molecule has 4 aromatic rings. The van der Waals surface area contributed by atoms with Crippen molar-refractivity contribution in [1.29, 1.82) is 5.26 Å². The molecule has 0 aliphatic heterocycles. The van der Waals surface area contributed by atoms with Crippen LogP contribution in [0.4, 0.5) is 0 Å². The van der Waals surface area contributed by atoms with Crippen molar-refractivity contribution >= 4 is 39.9 Å². The number of carbonyl (C=O) groups is 1. The molecule has 0 saturated carbocycles. The topological polar surface area (TPSA) is 99.2 Å². The second-order valence-corrected chi connectivity index (χ2v) is 8.33. The number of carbonyl (C=O) groups excluding carboxylic acids is 1. The SMILES string of the molecule is N#Cc1c(-c2ccoc2)cc(-c2cccs2)nc1OCc1ccc(C(=O)[O-])cc1I. The first-order valence-electron chi connectivity index (χ1n) is 8.71. The van der Waals surface area contributed by atoms with E-state index in [1.54, 1.807) is 24.7 Å². The Hall–Kier alpha value is -3.16. The number of hydrogen-bond donors (Lipinski definition) is 0. The third-order valence-electron chi connectivity index (χ3n) is 4.36. The van der Waals surface area contributed by atoms with Crippen molar-refractivity contribution in [3.63, 3.8) is 0 Å². The molecule has 3 aromatic heterocycles. The van der Waals surface area contributed by atoms with E-state index in [1.807, 2.05) is 46.2 Å². The summed E-state index contributed by atoms with van der Waals surface area (Å²) in [5.41, 5.74) is 3.29. The zero-order valence-electron chi connectivity index (χ0n) is 15.3. The Morgan fingerprint density at radius 2 is 2.17 bits per heavy atom. The van der Waals surface area contributed by atoms with Gasteiger partial charge in [0.2, 0.25) is 5.88 Å². The second kappa shape index (κ2) is 8.69. The lowest BCUT2D eigenvalue weighted by atomic mass is 10.0. The molecule has 1 aromatic carbocycles. The molecule has 0 fully saturated rings. The third kappa shape index (κ3) is 4.08. The molecule has 0 saturated heterocycles. The number of aromatic nitrogens is 1. The Morgan fingerprint density at radius 1 is 1.30 bits per heavy atom. The first kappa shape index (κ1) is 20.1. The number of thiophene rings is 1. The van der Waals surface area contributed by atoms with E-state index in [9.17, 15) is 15.2 Å². The first-order valence-corrected chi connectivity index (χ1v) is 10.7. The van der Waals surface area contributed by atoms with Gasteiger partial charge in [-0.1, -0.05) is 18.2 Å². The molecule has 0 bridgehead atoms. The highest BCUT2D eigenvalue weighted by Gasteiger charge is 2.18. The minimum atomic E-state index is -1.23. The average Bonchev–Trinajstić information content (AvgIpc) is 3.46. The van der Waals surface area contributed by atoms with Crippen molar-refractivity contribution in [3.8, 4) is 33.6 Å². The average molecular weight is 527 g/mol. The molecule has 0 aliphatic rings. The Morgan fingerprint density at radius 3 is 2.80 bits per heavy atom. The highest BCUT2D eigenvalue weighted by molar-refractivity contribution is 14.1. The van der Waals surface area contributed by atoms with E-state index >= 15 is 0 Å².